The Bertz CT molecular complexity index is 890. The van der Waals surface area contributed by atoms with Crippen LogP contribution in [0.3, 0.4) is 0 Å². The first-order valence-corrected chi connectivity index (χ1v) is 10.8. The van der Waals surface area contributed by atoms with Crippen molar-refractivity contribution in [3.63, 3.8) is 0 Å². The van der Waals surface area contributed by atoms with E-state index in [0.717, 1.165) is 5.56 Å². The van der Waals surface area contributed by atoms with Gasteiger partial charge in [-0.2, -0.15) is 0 Å². The van der Waals surface area contributed by atoms with E-state index in [9.17, 15) is 13.2 Å². The normalized spacial score (nSPS) is 18.2. The van der Waals surface area contributed by atoms with Gasteiger partial charge in [-0.25, -0.2) is 12.7 Å². The third-order valence-corrected chi connectivity index (χ3v) is 6.63. The number of rotatable bonds is 6. The molecule has 0 bridgehead atoms. The molecule has 0 unspecified atom stereocenters. The maximum Gasteiger partial charge on any atom is 0.224 e. The first-order chi connectivity index (χ1) is 12.9. The van der Waals surface area contributed by atoms with Gasteiger partial charge in [-0.05, 0) is 42.2 Å². The van der Waals surface area contributed by atoms with Crippen LogP contribution in [0.15, 0.2) is 48.8 Å². The highest BCUT2D eigenvalue weighted by atomic mass is 35.5. The van der Waals surface area contributed by atoms with Crippen molar-refractivity contribution < 1.29 is 13.2 Å². The van der Waals surface area contributed by atoms with Crippen molar-refractivity contribution in [3.05, 3.63) is 64.9 Å². The van der Waals surface area contributed by atoms with Crippen LogP contribution in [0.5, 0.6) is 0 Å². The molecule has 3 rings (SSSR count). The van der Waals surface area contributed by atoms with Crippen LogP contribution in [0.4, 0.5) is 0 Å². The highest BCUT2D eigenvalue weighted by molar-refractivity contribution is 7.88. The molecule has 0 saturated carbocycles. The summed E-state index contributed by atoms with van der Waals surface area (Å²) in [5.74, 6) is -0.580. The van der Waals surface area contributed by atoms with E-state index in [0.29, 0.717) is 36.5 Å². The average Bonchev–Trinajstić information content (AvgIpc) is 2.67. The molecule has 144 valence electrons. The van der Waals surface area contributed by atoms with E-state index in [4.69, 9.17) is 11.6 Å². The number of carbonyl (C=O) groups is 1. The number of benzene rings is 1. The Morgan fingerprint density at radius 1 is 1.26 bits per heavy atom. The SMILES string of the molecule is O=C(NCc1cccnc1)[C@H]1CCCN(S(=O)(=O)Cc2cccc(Cl)c2)C1. The van der Waals surface area contributed by atoms with E-state index in [1.54, 1.807) is 36.7 Å². The molecule has 8 heteroatoms. The van der Waals surface area contributed by atoms with Crippen LogP contribution in [-0.2, 0) is 27.1 Å². The molecule has 1 saturated heterocycles. The lowest BCUT2D eigenvalue weighted by Crippen LogP contribution is -2.45. The average molecular weight is 408 g/mol. The summed E-state index contributed by atoms with van der Waals surface area (Å²) in [6.45, 7) is 1.04. The lowest BCUT2D eigenvalue weighted by atomic mass is 9.99. The molecule has 27 heavy (non-hydrogen) atoms. The largest absolute Gasteiger partial charge is 0.352 e. The van der Waals surface area contributed by atoms with Gasteiger partial charge in [0.05, 0.1) is 11.7 Å². The smallest absolute Gasteiger partial charge is 0.224 e. The first-order valence-electron chi connectivity index (χ1n) is 8.83. The second-order valence-electron chi connectivity index (χ2n) is 6.66. The molecule has 0 aliphatic carbocycles. The van der Waals surface area contributed by atoms with Gasteiger partial charge in [-0.3, -0.25) is 9.78 Å². The van der Waals surface area contributed by atoms with Gasteiger partial charge < -0.3 is 5.32 Å². The zero-order chi connectivity index (χ0) is 19.3. The van der Waals surface area contributed by atoms with Crippen molar-refractivity contribution in [1.82, 2.24) is 14.6 Å². The fourth-order valence-corrected chi connectivity index (χ4v) is 4.98. The highest BCUT2D eigenvalue weighted by Gasteiger charge is 2.32. The van der Waals surface area contributed by atoms with E-state index < -0.39 is 10.0 Å². The minimum Gasteiger partial charge on any atom is -0.352 e. The quantitative estimate of drug-likeness (QED) is 0.798. The Kier molecular flexibility index (Phi) is 6.46. The Morgan fingerprint density at radius 3 is 2.81 bits per heavy atom. The molecule has 0 spiro atoms. The predicted molar refractivity (Wildman–Crippen MR) is 104 cm³/mol. The fraction of sp³-hybridized carbons (Fsp3) is 0.368. The second kappa shape index (κ2) is 8.82. The second-order valence-corrected chi connectivity index (χ2v) is 9.07. The number of amides is 1. The molecule has 1 aromatic carbocycles. The number of piperidine rings is 1. The van der Waals surface area contributed by atoms with Gasteiger partial charge in [-0.1, -0.05) is 29.8 Å². The molecule has 0 radical (unpaired) electrons. The summed E-state index contributed by atoms with van der Waals surface area (Å²) in [4.78, 5) is 16.5. The summed E-state index contributed by atoms with van der Waals surface area (Å²) in [5, 5.41) is 3.39. The lowest BCUT2D eigenvalue weighted by Gasteiger charge is -2.31. The number of sulfonamides is 1. The Morgan fingerprint density at radius 2 is 2.07 bits per heavy atom. The number of halogens is 1. The molecule has 1 amide bonds. The minimum atomic E-state index is -3.50. The Labute approximate surface area is 164 Å². The van der Waals surface area contributed by atoms with Crippen LogP contribution >= 0.6 is 11.6 Å². The molecule has 6 nitrogen and oxygen atoms in total. The number of carbonyl (C=O) groups excluding carboxylic acids is 1. The summed E-state index contributed by atoms with van der Waals surface area (Å²) in [5.41, 5.74) is 1.55. The van der Waals surface area contributed by atoms with Crippen LogP contribution in [0.2, 0.25) is 5.02 Å². The van der Waals surface area contributed by atoms with E-state index >= 15 is 0 Å². The molecular weight excluding hydrogens is 386 g/mol. The van der Waals surface area contributed by atoms with Gasteiger partial charge in [0.2, 0.25) is 15.9 Å². The number of hydrogen-bond acceptors (Lipinski definition) is 4. The fourth-order valence-electron chi connectivity index (χ4n) is 3.17. The van der Waals surface area contributed by atoms with E-state index in [1.165, 1.54) is 4.31 Å². The zero-order valence-corrected chi connectivity index (χ0v) is 16.4. The van der Waals surface area contributed by atoms with Gasteiger partial charge in [0.15, 0.2) is 0 Å². The Hall–Kier alpha value is -1.96. The first kappa shape index (κ1) is 19.8. The molecule has 2 aromatic rings. The lowest BCUT2D eigenvalue weighted by molar-refractivity contribution is -0.126. The summed E-state index contributed by atoms with van der Waals surface area (Å²) in [6, 6.07) is 10.5. The van der Waals surface area contributed by atoms with Gasteiger partial charge in [-0.15, -0.1) is 0 Å². The summed E-state index contributed by atoms with van der Waals surface area (Å²) in [6.07, 6.45) is 4.72. The molecule has 1 aliphatic rings. The van der Waals surface area contributed by atoms with Crippen molar-refractivity contribution in [2.75, 3.05) is 13.1 Å². The molecule has 1 aliphatic heterocycles. The monoisotopic (exact) mass is 407 g/mol. The minimum absolute atomic E-state index is 0.114. The van der Waals surface area contributed by atoms with Gasteiger partial charge in [0, 0.05) is 37.1 Å². The summed E-state index contributed by atoms with van der Waals surface area (Å²) in [7, 11) is -3.50. The van der Waals surface area contributed by atoms with Crippen molar-refractivity contribution in [1.29, 1.82) is 0 Å². The van der Waals surface area contributed by atoms with Crippen LogP contribution in [0, 0.1) is 5.92 Å². The standard InChI is InChI=1S/C19H22ClN3O3S/c20-18-7-1-4-15(10-18)14-27(25,26)23-9-3-6-17(13-23)19(24)22-12-16-5-2-8-21-11-16/h1-2,4-5,7-8,10-11,17H,3,6,9,12-14H2,(H,22,24)/t17-/m0/s1. The predicted octanol–water partition coefficient (Wildman–Crippen LogP) is 2.59. The molecule has 1 N–H and O–H groups in total. The maximum absolute atomic E-state index is 12.8. The third kappa shape index (κ3) is 5.51. The van der Waals surface area contributed by atoms with Crippen LogP contribution < -0.4 is 5.32 Å². The van der Waals surface area contributed by atoms with Crippen molar-refractivity contribution >= 4 is 27.5 Å². The van der Waals surface area contributed by atoms with Crippen molar-refractivity contribution in [2.24, 2.45) is 5.92 Å². The van der Waals surface area contributed by atoms with E-state index in [2.05, 4.69) is 10.3 Å². The van der Waals surface area contributed by atoms with Crippen LogP contribution in [0.1, 0.15) is 24.0 Å². The number of pyridine rings is 1. The number of aromatic nitrogens is 1. The van der Waals surface area contributed by atoms with E-state index in [-0.39, 0.29) is 24.1 Å². The molecule has 1 atom stereocenters. The third-order valence-electron chi connectivity index (χ3n) is 4.58. The molecule has 2 heterocycles. The highest BCUT2D eigenvalue weighted by Crippen LogP contribution is 2.22. The van der Waals surface area contributed by atoms with Crippen molar-refractivity contribution in [2.45, 2.75) is 25.1 Å². The summed E-state index contributed by atoms with van der Waals surface area (Å²) < 4.78 is 26.9. The Balaban J connectivity index is 1.60. The van der Waals surface area contributed by atoms with Crippen LogP contribution in [0.25, 0.3) is 0 Å². The zero-order valence-electron chi connectivity index (χ0n) is 14.8. The van der Waals surface area contributed by atoms with Crippen molar-refractivity contribution in [3.8, 4) is 0 Å². The molecule has 1 aromatic heterocycles. The molecule has 1 fully saturated rings. The van der Waals surface area contributed by atoms with E-state index in [1.807, 2.05) is 12.1 Å². The number of nitrogens with zero attached hydrogens (tertiary/aromatic N) is 2. The maximum atomic E-state index is 12.8. The molecular formula is C19H22ClN3O3S. The van der Waals surface area contributed by atoms with Gasteiger partial charge in [0.1, 0.15) is 0 Å². The number of hydrogen-bond donors (Lipinski definition) is 1. The topological polar surface area (TPSA) is 79.4 Å². The van der Waals surface area contributed by atoms with Gasteiger partial charge in [0.25, 0.3) is 0 Å². The van der Waals surface area contributed by atoms with Gasteiger partial charge >= 0.3 is 0 Å². The summed E-state index contributed by atoms with van der Waals surface area (Å²) >= 11 is 5.94. The van der Waals surface area contributed by atoms with Crippen LogP contribution in [-0.4, -0.2) is 36.7 Å². The number of nitrogens with one attached hydrogen (secondary N) is 1.